The highest BCUT2D eigenvalue weighted by Gasteiger charge is 2.33. The summed E-state index contributed by atoms with van der Waals surface area (Å²) < 4.78 is 0. The van der Waals surface area contributed by atoms with Gasteiger partial charge in [-0.05, 0) is 190 Å². The molecule has 600 valence electrons. The van der Waals surface area contributed by atoms with Crippen LogP contribution in [0.1, 0.15) is 44.5 Å². The third-order valence-electron chi connectivity index (χ3n) is 22.5. The van der Waals surface area contributed by atoms with Crippen molar-refractivity contribution in [2.45, 2.75) is 26.2 Å². The first-order chi connectivity index (χ1) is 62.9. The van der Waals surface area contributed by atoms with Crippen LogP contribution < -0.4 is 20.7 Å². The van der Waals surface area contributed by atoms with Crippen LogP contribution in [0.3, 0.4) is 0 Å². The number of pyridine rings is 4. The highest BCUT2D eigenvalue weighted by Crippen LogP contribution is 2.30. The van der Waals surface area contributed by atoms with Gasteiger partial charge in [0.15, 0.2) is 0 Å². The standard InChI is InChI=1S/4C30H21NSi/c4*1-32(22-19-24-10-4-2-5-11-24,23-20-25-12-6-3-7-13-25)28-16-8-14-26-17-18-27-15-9-21-31-30(27)29(26)28/h4*2-18,21H,1H3. The summed E-state index contributed by atoms with van der Waals surface area (Å²) in [7, 11) is -10.1. The van der Waals surface area contributed by atoms with Gasteiger partial charge >= 0.3 is 0 Å². The lowest BCUT2D eigenvalue weighted by molar-refractivity contribution is 1.43. The third-order valence-corrected chi connectivity index (χ3v) is 33.4. The number of hydrogen-bond donors (Lipinski definition) is 0. The summed E-state index contributed by atoms with van der Waals surface area (Å²) in [5, 5.41) is 18.8. The van der Waals surface area contributed by atoms with E-state index in [1.807, 2.05) is 292 Å². The van der Waals surface area contributed by atoms with E-state index in [1.165, 1.54) is 63.8 Å². The number of fused-ring (bicyclic) bond motifs is 12. The average molecular weight is 1690 g/mol. The van der Waals surface area contributed by atoms with Crippen LogP contribution >= 0.6 is 0 Å². The van der Waals surface area contributed by atoms with Gasteiger partial charge in [0.1, 0.15) is 0 Å². The van der Waals surface area contributed by atoms with Crippen molar-refractivity contribution in [3.8, 4) is 91.7 Å². The Hall–Kier alpha value is -16.5. The molecule has 0 aliphatic heterocycles. The molecule has 0 aliphatic rings. The number of nitrogens with zero attached hydrogens (tertiary/aromatic N) is 4. The van der Waals surface area contributed by atoms with Crippen LogP contribution in [0.5, 0.6) is 0 Å². The molecule has 0 N–H and O–H groups in total. The number of rotatable bonds is 4. The predicted octanol–water partition coefficient (Wildman–Crippen LogP) is 23.4. The molecular weight excluding hydrogens is 1610 g/mol. The highest BCUT2D eigenvalue weighted by molar-refractivity contribution is 7.07. The molecule has 0 fully saturated rings. The Labute approximate surface area is 753 Å². The maximum Gasteiger partial charge on any atom is 0.244 e. The van der Waals surface area contributed by atoms with Gasteiger partial charge in [0.25, 0.3) is 0 Å². The van der Waals surface area contributed by atoms with Crippen molar-refractivity contribution in [2.24, 2.45) is 0 Å². The molecule has 4 nitrogen and oxygen atoms in total. The summed E-state index contributed by atoms with van der Waals surface area (Å²) in [5.74, 6) is 27.4. The zero-order chi connectivity index (χ0) is 87.2. The minimum absolute atomic E-state index is 1.01. The van der Waals surface area contributed by atoms with Crippen molar-refractivity contribution in [1.82, 2.24) is 19.9 Å². The smallest absolute Gasteiger partial charge is 0.244 e. The van der Waals surface area contributed by atoms with E-state index in [4.69, 9.17) is 19.9 Å². The largest absolute Gasteiger partial charge is 0.256 e. The van der Waals surface area contributed by atoms with E-state index in [2.05, 4.69) is 263 Å². The molecule has 0 bridgehead atoms. The van der Waals surface area contributed by atoms with Crippen LogP contribution in [0.25, 0.3) is 86.7 Å². The lowest BCUT2D eigenvalue weighted by atomic mass is 10.1. The molecule has 0 radical (unpaired) electrons. The third kappa shape index (κ3) is 19.8. The molecule has 20 aromatic rings. The van der Waals surface area contributed by atoms with Crippen LogP contribution in [0.2, 0.25) is 26.2 Å². The normalized spacial score (nSPS) is 10.8. The van der Waals surface area contributed by atoms with Gasteiger partial charge in [0, 0.05) is 112 Å². The zero-order valence-electron chi connectivity index (χ0n) is 71.4. The van der Waals surface area contributed by atoms with E-state index in [1.54, 1.807) is 0 Å². The summed E-state index contributed by atoms with van der Waals surface area (Å²) in [6.07, 6.45) is 7.46. The van der Waals surface area contributed by atoms with Crippen molar-refractivity contribution < 1.29 is 0 Å². The van der Waals surface area contributed by atoms with Crippen molar-refractivity contribution in [1.29, 1.82) is 0 Å². The fourth-order valence-electron chi connectivity index (χ4n) is 15.7. The fraction of sp³-hybridized carbons (Fsp3) is 0.0333. The van der Waals surface area contributed by atoms with Gasteiger partial charge in [-0.15, -0.1) is 44.3 Å². The van der Waals surface area contributed by atoms with Gasteiger partial charge in [-0.2, -0.15) is 0 Å². The molecule has 0 saturated carbocycles. The summed E-state index contributed by atoms with van der Waals surface area (Å²) in [5.41, 5.74) is 41.3. The van der Waals surface area contributed by atoms with Crippen LogP contribution in [-0.2, 0) is 0 Å². The Morgan fingerprint density at radius 2 is 0.297 bits per heavy atom. The van der Waals surface area contributed by atoms with Gasteiger partial charge in [0.05, 0.1) is 22.1 Å². The Bertz CT molecular complexity index is 6860. The molecule has 4 heterocycles. The molecule has 0 amide bonds. The maximum absolute atomic E-state index is 4.75. The van der Waals surface area contributed by atoms with E-state index >= 15 is 0 Å². The van der Waals surface area contributed by atoms with Crippen LogP contribution in [-0.4, -0.2) is 52.2 Å². The molecular formula is C120H84N4Si4. The van der Waals surface area contributed by atoms with Gasteiger partial charge < -0.3 is 0 Å². The molecule has 8 heteroatoms. The molecule has 0 spiro atoms. The number of hydrogen-bond acceptors (Lipinski definition) is 4. The fourth-order valence-corrected chi connectivity index (χ4v) is 25.0. The molecule has 128 heavy (non-hydrogen) atoms. The summed E-state index contributed by atoms with van der Waals surface area (Å²) in [4.78, 5) is 19.0. The van der Waals surface area contributed by atoms with E-state index in [0.717, 1.165) is 88.1 Å². The van der Waals surface area contributed by atoms with Crippen molar-refractivity contribution in [2.75, 3.05) is 0 Å². The summed E-state index contributed by atoms with van der Waals surface area (Å²) in [6, 6.07) is 141. The second-order valence-corrected chi connectivity index (χ2v) is 44.8. The van der Waals surface area contributed by atoms with Crippen LogP contribution in [0.4, 0.5) is 0 Å². The highest BCUT2D eigenvalue weighted by atomic mass is 28.3. The van der Waals surface area contributed by atoms with Gasteiger partial charge in [-0.1, -0.05) is 339 Å². The van der Waals surface area contributed by atoms with E-state index in [-0.39, 0.29) is 0 Å². The minimum atomic E-state index is -2.53. The lowest BCUT2D eigenvalue weighted by Gasteiger charge is -2.18. The van der Waals surface area contributed by atoms with Gasteiger partial charge in [-0.25, -0.2) is 0 Å². The number of benzene rings is 16. The molecule has 0 saturated heterocycles. The topological polar surface area (TPSA) is 51.6 Å². The maximum atomic E-state index is 4.75. The van der Waals surface area contributed by atoms with Crippen molar-refractivity contribution in [3.05, 3.63) is 482 Å². The van der Waals surface area contributed by atoms with Crippen molar-refractivity contribution in [3.63, 3.8) is 0 Å². The monoisotopic (exact) mass is 1690 g/mol. The zero-order valence-corrected chi connectivity index (χ0v) is 75.4. The first-order valence-electron chi connectivity index (χ1n) is 42.7. The molecule has 16 aromatic carbocycles. The summed E-state index contributed by atoms with van der Waals surface area (Å²) in [6.45, 7) is 8.98. The predicted molar refractivity (Wildman–Crippen MR) is 549 cm³/mol. The first kappa shape index (κ1) is 83.8. The second kappa shape index (κ2) is 39.4. The Morgan fingerprint density at radius 3 is 0.461 bits per heavy atom. The Morgan fingerprint density at radius 1 is 0.148 bits per heavy atom. The molecule has 0 atom stereocenters. The molecule has 0 unspecified atom stereocenters. The second-order valence-electron chi connectivity index (χ2n) is 31.6. The molecule has 0 aliphatic carbocycles. The molecule has 4 aromatic heterocycles. The lowest BCUT2D eigenvalue weighted by Crippen LogP contribution is -2.43. The number of aromatic nitrogens is 4. The van der Waals surface area contributed by atoms with Crippen LogP contribution in [0, 0.1) is 91.7 Å². The molecule has 20 rings (SSSR count). The SMILES string of the molecule is C[Si](C#Cc1ccccc1)(C#Cc1ccccc1)c1cccc2ccc3cccnc3c12.C[Si](C#Cc1ccccc1)(C#Cc1ccccc1)c1cccc2ccc3cccnc3c12.C[Si](C#Cc1ccccc1)(C#Cc1ccccc1)c1cccc2ccc3cccnc3c12.C[Si](C#Cc1ccccc1)(C#Cc1ccccc1)c1cccc2ccc3cccnc3c12. The van der Waals surface area contributed by atoms with E-state index < -0.39 is 32.3 Å². The quantitative estimate of drug-likeness (QED) is 0.100. The summed E-state index contributed by atoms with van der Waals surface area (Å²) >= 11 is 0. The van der Waals surface area contributed by atoms with Gasteiger partial charge in [0.2, 0.25) is 32.3 Å². The Kier molecular flexibility index (Phi) is 25.8. The van der Waals surface area contributed by atoms with E-state index in [9.17, 15) is 0 Å². The van der Waals surface area contributed by atoms with Crippen LogP contribution in [0.15, 0.2) is 437 Å². The van der Waals surface area contributed by atoms with Crippen molar-refractivity contribution >= 4 is 140 Å². The van der Waals surface area contributed by atoms with Gasteiger partial charge in [-0.3, -0.25) is 19.9 Å². The Balaban J connectivity index is 0.000000120. The van der Waals surface area contributed by atoms with E-state index in [0.29, 0.717) is 0 Å². The first-order valence-corrected chi connectivity index (χ1v) is 52.7. The minimum Gasteiger partial charge on any atom is -0.256 e. The average Bonchev–Trinajstić information content (AvgIpc) is 0.769.